The first kappa shape index (κ1) is 15.9. The number of carbonyl (C=O) groups is 1. The molecule has 0 aliphatic rings. The molecule has 0 aliphatic carbocycles. The predicted molar refractivity (Wildman–Crippen MR) is 91.1 cm³/mol. The molecule has 0 spiro atoms. The zero-order chi connectivity index (χ0) is 16.2. The van der Waals surface area contributed by atoms with E-state index < -0.39 is 5.82 Å². The van der Waals surface area contributed by atoms with E-state index in [0.717, 1.165) is 15.2 Å². The van der Waals surface area contributed by atoms with Crippen LogP contribution in [0.15, 0.2) is 46.9 Å². The van der Waals surface area contributed by atoms with E-state index in [-0.39, 0.29) is 18.3 Å². The highest BCUT2D eigenvalue weighted by molar-refractivity contribution is 9.10. The highest BCUT2D eigenvalue weighted by atomic mass is 79.9. The van der Waals surface area contributed by atoms with E-state index in [1.165, 1.54) is 23.5 Å². The van der Waals surface area contributed by atoms with Crippen molar-refractivity contribution in [2.45, 2.75) is 6.54 Å². The number of hydrogen-bond donors (Lipinski definition) is 1. The maximum Gasteiger partial charge on any atom is 0.258 e. The van der Waals surface area contributed by atoms with Crippen LogP contribution in [0.3, 0.4) is 0 Å². The van der Waals surface area contributed by atoms with Crippen molar-refractivity contribution in [2.75, 3.05) is 6.61 Å². The highest BCUT2D eigenvalue weighted by Gasteiger charge is 2.09. The van der Waals surface area contributed by atoms with Gasteiger partial charge >= 0.3 is 0 Å². The molecule has 2 aromatic carbocycles. The van der Waals surface area contributed by atoms with E-state index in [1.807, 2.05) is 24.3 Å². The normalized spacial score (nSPS) is 10.7. The molecule has 4 nitrogen and oxygen atoms in total. The van der Waals surface area contributed by atoms with Crippen LogP contribution in [0.25, 0.3) is 10.2 Å². The predicted octanol–water partition coefficient (Wildman–Crippen LogP) is 3.89. The maximum absolute atomic E-state index is 13.6. The molecule has 0 saturated heterocycles. The molecule has 1 amide bonds. The Hall–Kier alpha value is -1.99. The molecule has 1 N–H and O–H groups in total. The Balaban J connectivity index is 1.53. The molecule has 1 heterocycles. The number of benzene rings is 2. The number of para-hydroxylation sites is 1. The lowest BCUT2D eigenvalue weighted by Crippen LogP contribution is -2.28. The Morgan fingerprint density at radius 3 is 2.91 bits per heavy atom. The van der Waals surface area contributed by atoms with Crippen LogP contribution in [0, 0.1) is 5.82 Å². The van der Waals surface area contributed by atoms with Crippen LogP contribution in [0.1, 0.15) is 5.01 Å². The molecule has 0 fully saturated rings. The Kier molecular flexibility index (Phi) is 4.88. The zero-order valence-electron chi connectivity index (χ0n) is 11.9. The standard InChI is InChI=1S/C16H12BrFN2O2S/c17-10-5-6-13(11(18)7-10)22-9-15(21)19-8-16-20-12-3-1-2-4-14(12)23-16/h1-7H,8-9H2,(H,19,21). The summed E-state index contributed by atoms with van der Waals surface area (Å²) in [6, 6.07) is 12.2. The van der Waals surface area contributed by atoms with Crippen LogP contribution >= 0.6 is 27.3 Å². The van der Waals surface area contributed by atoms with Gasteiger partial charge in [0, 0.05) is 4.47 Å². The van der Waals surface area contributed by atoms with Crippen LogP contribution in [0.2, 0.25) is 0 Å². The summed E-state index contributed by atoms with van der Waals surface area (Å²) in [5.74, 6) is -0.798. The van der Waals surface area contributed by atoms with Crippen LogP contribution < -0.4 is 10.1 Å². The fraction of sp³-hybridized carbons (Fsp3) is 0.125. The first-order valence-corrected chi connectivity index (χ1v) is 8.42. The number of nitrogens with zero attached hydrogens (tertiary/aromatic N) is 1. The Morgan fingerprint density at radius 2 is 2.13 bits per heavy atom. The molecule has 1 aromatic heterocycles. The summed E-state index contributed by atoms with van der Waals surface area (Å²) in [5.41, 5.74) is 0.912. The van der Waals surface area contributed by atoms with Gasteiger partial charge in [-0.25, -0.2) is 9.37 Å². The van der Waals surface area contributed by atoms with Gasteiger partial charge in [-0.15, -0.1) is 11.3 Å². The lowest BCUT2D eigenvalue weighted by molar-refractivity contribution is -0.123. The molecule has 3 rings (SSSR count). The minimum atomic E-state index is -0.515. The summed E-state index contributed by atoms with van der Waals surface area (Å²) < 4.78 is 20.4. The van der Waals surface area contributed by atoms with Gasteiger partial charge in [-0.05, 0) is 30.3 Å². The average Bonchev–Trinajstić information content (AvgIpc) is 2.95. The number of fused-ring (bicyclic) bond motifs is 1. The zero-order valence-corrected chi connectivity index (χ0v) is 14.3. The number of thiazole rings is 1. The summed E-state index contributed by atoms with van der Waals surface area (Å²) in [6.07, 6.45) is 0. The number of halogens is 2. The number of aromatic nitrogens is 1. The fourth-order valence-corrected chi connectivity index (χ4v) is 3.20. The first-order chi connectivity index (χ1) is 11.1. The molecule has 0 aliphatic heterocycles. The van der Waals surface area contributed by atoms with Gasteiger partial charge in [0.15, 0.2) is 18.2 Å². The molecule has 7 heteroatoms. The third-order valence-electron chi connectivity index (χ3n) is 3.03. The van der Waals surface area contributed by atoms with E-state index in [4.69, 9.17) is 4.74 Å². The van der Waals surface area contributed by atoms with E-state index >= 15 is 0 Å². The molecular weight excluding hydrogens is 383 g/mol. The molecule has 0 saturated carbocycles. The molecule has 0 radical (unpaired) electrons. The van der Waals surface area contributed by atoms with E-state index in [1.54, 1.807) is 6.07 Å². The third kappa shape index (κ3) is 4.05. The molecule has 23 heavy (non-hydrogen) atoms. The van der Waals surface area contributed by atoms with Crippen molar-refractivity contribution in [3.05, 3.63) is 57.8 Å². The largest absolute Gasteiger partial charge is 0.481 e. The van der Waals surface area contributed by atoms with Crippen LogP contribution in [0.5, 0.6) is 5.75 Å². The molecule has 118 valence electrons. The van der Waals surface area contributed by atoms with Crippen molar-refractivity contribution >= 4 is 43.4 Å². The number of amides is 1. The van der Waals surface area contributed by atoms with Crippen molar-refractivity contribution in [2.24, 2.45) is 0 Å². The number of ether oxygens (including phenoxy) is 1. The van der Waals surface area contributed by atoms with Crippen molar-refractivity contribution in [1.29, 1.82) is 0 Å². The van der Waals surface area contributed by atoms with Crippen LogP contribution in [-0.2, 0) is 11.3 Å². The van der Waals surface area contributed by atoms with E-state index in [2.05, 4.69) is 26.2 Å². The Bertz CT molecular complexity index is 820. The second kappa shape index (κ2) is 7.06. The quantitative estimate of drug-likeness (QED) is 0.713. The summed E-state index contributed by atoms with van der Waals surface area (Å²) in [4.78, 5) is 16.2. The fourth-order valence-electron chi connectivity index (χ4n) is 1.96. The van der Waals surface area contributed by atoms with Crippen LogP contribution in [0.4, 0.5) is 4.39 Å². The Labute approximate surface area is 144 Å². The van der Waals surface area contributed by atoms with E-state index in [0.29, 0.717) is 11.0 Å². The van der Waals surface area contributed by atoms with Gasteiger partial charge in [0.1, 0.15) is 5.01 Å². The van der Waals surface area contributed by atoms with Crippen LogP contribution in [-0.4, -0.2) is 17.5 Å². The summed E-state index contributed by atoms with van der Waals surface area (Å²) >= 11 is 4.69. The van der Waals surface area contributed by atoms with Gasteiger partial charge in [0.05, 0.1) is 16.8 Å². The summed E-state index contributed by atoms with van der Waals surface area (Å²) in [5, 5.41) is 3.53. The van der Waals surface area contributed by atoms with Crippen molar-refractivity contribution in [3.63, 3.8) is 0 Å². The SMILES string of the molecule is O=C(COc1ccc(Br)cc1F)NCc1nc2ccccc2s1. The molecule has 0 bridgehead atoms. The van der Waals surface area contributed by atoms with Gasteiger partial charge in [-0.2, -0.15) is 0 Å². The van der Waals surface area contributed by atoms with Gasteiger partial charge in [-0.3, -0.25) is 4.79 Å². The number of carbonyl (C=O) groups excluding carboxylic acids is 1. The van der Waals surface area contributed by atoms with Crippen molar-refractivity contribution in [1.82, 2.24) is 10.3 Å². The molecule has 0 atom stereocenters. The second-order valence-electron chi connectivity index (χ2n) is 4.72. The van der Waals surface area contributed by atoms with Gasteiger partial charge in [0.25, 0.3) is 5.91 Å². The number of nitrogens with one attached hydrogen (secondary N) is 1. The topological polar surface area (TPSA) is 51.2 Å². The second-order valence-corrected chi connectivity index (χ2v) is 6.75. The summed E-state index contributed by atoms with van der Waals surface area (Å²) in [7, 11) is 0. The number of rotatable bonds is 5. The van der Waals surface area contributed by atoms with Gasteiger partial charge in [-0.1, -0.05) is 28.1 Å². The van der Waals surface area contributed by atoms with Gasteiger partial charge in [0.2, 0.25) is 0 Å². The first-order valence-electron chi connectivity index (χ1n) is 6.81. The summed E-state index contributed by atoms with van der Waals surface area (Å²) in [6.45, 7) is 0.0772. The minimum absolute atomic E-state index is 0.0448. The van der Waals surface area contributed by atoms with Gasteiger partial charge < -0.3 is 10.1 Å². The molecule has 0 unspecified atom stereocenters. The van der Waals surface area contributed by atoms with Crippen molar-refractivity contribution < 1.29 is 13.9 Å². The third-order valence-corrected chi connectivity index (χ3v) is 4.56. The molecule has 3 aromatic rings. The van der Waals surface area contributed by atoms with E-state index in [9.17, 15) is 9.18 Å². The van der Waals surface area contributed by atoms with Crippen molar-refractivity contribution in [3.8, 4) is 5.75 Å². The Morgan fingerprint density at radius 1 is 1.30 bits per heavy atom. The highest BCUT2D eigenvalue weighted by Crippen LogP contribution is 2.22. The lowest BCUT2D eigenvalue weighted by Gasteiger charge is -2.07. The smallest absolute Gasteiger partial charge is 0.258 e. The average molecular weight is 395 g/mol. The minimum Gasteiger partial charge on any atom is -0.481 e. The lowest BCUT2D eigenvalue weighted by atomic mass is 10.3. The number of hydrogen-bond acceptors (Lipinski definition) is 4. The molecular formula is C16H12BrFN2O2S. The maximum atomic E-state index is 13.6. The monoisotopic (exact) mass is 394 g/mol.